The van der Waals surface area contributed by atoms with Crippen LogP contribution in [0.4, 0.5) is 4.39 Å². The van der Waals surface area contributed by atoms with Gasteiger partial charge in [0.25, 0.3) is 5.91 Å². The number of hydrazone groups is 1. The normalized spacial score (nSPS) is 10.9. The van der Waals surface area contributed by atoms with Crippen molar-refractivity contribution in [3.63, 3.8) is 0 Å². The maximum atomic E-state index is 13.7. The van der Waals surface area contributed by atoms with Crippen LogP contribution in [0.2, 0.25) is 10.0 Å². The lowest BCUT2D eigenvalue weighted by Crippen LogP contribution is -2.17. The third-order valence-corrected chi connectivity index (χ3v) is 5.60. The van der Waals surface area contributed by atoms with Gasteiger partial charge in [-0.05, 0) is 64.6 Å². The highest BCUT2D eigenvalue weighted by Crippen LogP contribution is 2.34. The van der Waals surface area contributed by atoms with Crippen LogP contribution >= 0.6 is 45.8 Å². The van der Waals surface area contributed by atoms with Crippen molar-refractivity contribution in [2.24, 2.45) is 5.10 Å². The molecule has 0 spiro atoms. The fourth-order valence-corrected chi connectivity index (χ4v) is 3.76. The minimum absolute atomic E-state index is 0.0188. The van der Waals surface area contributed by atoms with E-state index >= 15 is 0 Å². The van der Waals surface area contributed by atoms with Crippen molar-refractivity contribution in [1.82, 2.24) is 5.43 Å². The van der Waals surface area contributed by atoms with Crippen molar-refractivity contribution >= 4 is 57.9 Å². The van der Waals surface area contributed by atoms with Crippen LogP contribution in [0.15, 0.2) is 59.7 Å². The van der Waals surface area contributed by atoms with Crippen molar-refractivity contribution in [2.45, 2.75) is 6.61 Å². The Kier molecular flexibility index (Phi) is 8.11. The van der Waals surface area contributed by atoms with E-state index < -0.39 is 5.91 Å². The Morgan fingerprint density at radius 1 is 1.16 bits per heavy atom. The summed E-state index contributed by atoms with van der Waals surface area (Å²) in [4.78, 5) is 12.3. The summed E-state index contributed by atoms with van der Waals surface area (Å²) in [5.74, 6) is 0.0634. The maximum Gasteiger partial charge on any atom is 0.271 e. The molecule has 0 aromatic heterocycles. The van der Waals surface area contributed by atoms with Gasteiger partial charge in [-0.15, -0.1) is 0 Å². The molecule has 3 aromatic carbocycles. The van der Waals surface area contributed by atoms with Crippen molar-refractivity contribution in [1.29, 1.82) is 0 Å². The second kappa shape index (κ2) is 10.8. The highest BCUT2D eigenvalue weighted by Gasteiger charge is 2.12. The second-order valence-corrected chi connectivity index (χ2v) is 8.22. The molecule has 160 valence electrons. The van der Waals surface area contributed by atoms with Crippen LogP contribution in [0.3, 0.4) is 0 Å². The van der Waals surface area contributed by atoms with Crippen LogP contribution in [-0.4, -0.2) is 19.2 Å². The van der Waals surface area contributed by atoms with Gasteiger partial charge in [0, 0.05) is 11.1 Å². The van der Waals surface area contributed by atoms with Crippen LogP contribution < -0.4 is 14.9 Å². The largest absolute Gasteiger partial charge is 0.496 e. The average molecular weight is 573 g/mol. The van der Waals surface area contributed by atoms with Crippen LogP contribution in [0.1, 0.15) is 21.5 Å². The number of benzene rings is 3. The van der Waals surface area contributed by atoms with E-state index in [1.54, 1.807) is 48.5 Å². The zero-order chi connectivity index (χ0) is 22.4. The van der Waals surface area contributed by atoms with Gasteiger partial charge in [0.2, 0.25) is 0 Å². The fourth-order valence-electron chi connectivity index (χ4n) is 2.59. The molecule has 5 nitrogen and oxygen atoms in total. The molecule has 0 aliphatic heterocycles. The lowest BCUT2D eigenvalue weighted by molar-refractivity contribution is 0.0954. The summed E-state index contributed by atoms with van der Waals surface area (Å²) in [7, 11) is 1.54. The van der Waals surface area contributed by atoms with Gasteiger partial charge < -0.3 is 9.47 Å². The lowest BCUT2D eigenvalue weighted by Gasteiger charge is -2.11. The standard InChI is InChI=1S/C22H16Cl2FIN2O3/c1-30-20-10-14(6-7-19(20)26)22(29)28-27-11-13-8-16(23)21(17(24)9-13)31-12-15-4-2-3-5-18(15)25/h2-11H,12H2,1H3,(H,28,29)/b27-11-. The smallest absolute Gasteiger partial charge is 0.271 e. The summed E-state index contributed by atoms with van der Waals surface area (Å²) in [6, 6.07) is 14.5. The summed E-state index contributed by atoms with van der Waals surface area (Å²) in [5.41, 5.74) is 3.78. The Morgan fingerprint density at radius 2 is 1.87 bits per heavy atom. The van der Waals surface area contributed by atoms with Gasteiger partial charge in [0.15, 0.2) is 5.75 Å². The van der Waals surface area contributed by atoms with Crippen molar-refractivity contribution < 1.29 is 18.7 Å². The molecule has 0 heterocycles. The number of hydrogen-bond acceptors (Lipinski definition) is 4. The summed E-state index contributed by atoms with van der Waals surface area (Å²) < 4.78 is 25.4. The number of ether oxygens (including phenoxy) is 2. The Hall–Kier alpha value is -2.36. The van der Waals surface area contributed by atoms with Gasteiger partial charge in [-0.1, -0.05) is 41.4 Å². The van der Waals surface area contributed by atoms with Gasteiger partial charge in [-0.25, -0.2) is 9.82 Å². The SMILES string of the molecule is COc1cc(C(=O)N/N=C\c2cc(Cl)c(OCc3ccccc3F)c(Cl)c2)ccc1I. The molecule has 1 amide bonds. The predicted molar refractivity (Wildman–Crippen MR) is 128 cm³/mol. The Labute approximate surface area is 202 Å². The van der Waals surface area contributed by atoms with Gasteiger partial charge in [-0.2, -0.15) is 5.10 Å². The molecule has 0 unspecified atom stereocenters. The summed E-state index contributed by atoms with van der Waals surface area (Å²) in [6.07, 6.45) is 1.40. The molecule has 0 aliphatic rings. The zero-order valence-electron chi connectivity index (χ0n) is 16.2. The Bertz CT molecular complexity index is 1120. The second-order valence-electron chi connectivity index (χ2n) is 6.24. The number of carbonyl (C=O) groups is 1. The third kappa shape index (κ3) is 6.09. The van der Waals surface area contributed by atoms with Crippen molar-refractivity contribution in [2.75, 3.05) is 7.11 Å². The summed E-state index contributed by atoms with van der Waals surface area (Å²) in [5, 5.41) is 4.41. The van der Waals surface area contributed by atoms with Gasteiger partial charge in [0.05, 0.1) is 26.9 Å². The molecule has 31 heavy (non-hydrogen) atoms. The maximum absolute atomic E-state index is 13.7. The first-order valence-corrected chi connectivity index (χ1v) is 10.7. The Morgan fingerprint density at radius 3 is 2.55 bits per heavy atom. The molecular formula is C22H16Cl2FIN2O3. The van der Waals surface area contributed by atoms with Crippen LogP contribution in [0.25, 0.3) is 0 Å². The van der Waals surface area contributed by atoms with Crippen molar-refractivity contribution in [3.05, 3.63) is 90.7 Å². The molecule has 9 heteroatoms. The van der Waals surface area contributed by atoms with Gasteiger partial charge in [0.1, 0.15) is 18.2 Å². The minimum atomic E-state index is -0.395. The average Bonchev–Trinajstić information content (AvgIpc) is 2.74. The number of methoxy groups -OCH3 is 1. The molecule has 0 bridgehead atoms. The van der Waals surface area contributed by atoms with Gasteiger partial charge in [-0.3, -0.25) is 4.79 Å². The van der Waals surface area contributed by atoms with E-state index in [2.05, 4.69) is 33.1 Å². The fraction of sp³-hybridized carbons (Fsp3) is 0.0909. The molecule has 0 aliphatic carbocycles. The molecule has 0 saturated carbocycles. The molecule has 0 saturated heterocycles. The molecule has 1 N–H and O–H groups in total. The number of hydrogen-bond donors (Lipinski definition) is 1. The van der Waals surface area contributed by atoms with Crippen LogP contribution in [-0.2, 0) is 6.61 Å². The first-order valence-electron chi connectivity index (χ1n) is 8.91. The number of carbonyl (C=O) groups excluding carboxylic acids is 1. The molecule has 0 radical (unpaired) electrons. The molecule has 0 fully saturated rings. The number of amides is 1. The molecule has 3 aromatic rings. The van der Waals surface area contributed by atoms with E-state index in [-0.39, 0.29) is 28.2 Å². The highest BCUT2D eigenvalue weighted by molar-refractivity contribution is 14.1. The van der Waals surface area contributed by atoms with E-state index in [0.29, 0.717) is 22.4 Å². The number of nitrogens with zero attached hydrogens (tertiary/aromatic N) is 1. The lowest BCUT2D eigenvalue weighted by atomic mass is 10.2. The van der Waals surface area contributed by atoms with E-state index in [1.807, 2.05) is 0 Å². The highest BCUT2D eigenvalue weighted by atomic mass is 127. The number of halogens is 4. The summed E-state index contributed by atoms with van der Waals surface area (Å²) >= 11 is 14.6. The van der Waals surface area contributed by atoms with Gasteiger partial charge >= 0.3 is 0 Å². The third-order valence-electron chi connectivity index (χ3n) is 4.14. The molecular weight excluding hydrogens is 557 g/mol. The predicted octanol–water partition coefficient (Wildman–Crippen LogP) is 6.09. The molecule has 3 rings (SSSR count). The van der Waals surface area contributed by atoms with Crippen molar-refractivity contribution in [3.8, 4) is 11.5 Å². The topological polar surface area (TPSA) is 59.9 Å². The summed E-state index contributed by atoms with van der Waals surface area (Å²) in [6.45, 7) is -0.0188. The number of nitrogens with one attached hydrogen (secondary N) is 1. The quantitative estimate of drug-likeness (QED) is 0.212. The molecule has 0 atom stereocenters. The minimum Gasteiger partial charge on any atom is -0.496 e. The zero-order valence-corrected chi connectivity index (χ0v) is 19.8. The van der Waals surface area contributed by atoms with E-state index in [0.717, 1.165) is 3.57 Å². The van der Waals surface area contributed by atoms with E-state index in [1.165, 1.54) is 19.4 Å². The number of rotatable bonds is 7. The van der Waals surface area contributed by atoms with E-state index in [4.69, 9.17) is 32.7 Å². The van der Waals surface area contributed by atoms with Crippen LogP contribution in [0.5, 0.6) is 11.5 Å². The Balaban J connectivity index is 1.66. The first kappa shape index (κ1) is 23.3. The van der Waals surface area contributed by atoms with Crippen LogP contribution in [0, 0.1) is 9.39 Å². The monoisotopic (exact) mass is 572 g/mol. The van der Waals surface area contributed by atoms with E-state index in [9.17, 15) is 9.18 Å². The first-order chi connectivity index (χ1) is 14.9.